The van der Waals surface area contributed by atoms with Gasteiger partial charge in [0.1, 0.15) is 29.3 Å². The number of anilines is 2. The molecule has 0 fully saturated rings. The lowest BCUT2D eigenvalue weighted by atomic mass is 10.2. The molecule has 1 aromatic heterocycles. The van der Waals surface area contributed by atoms with Crippen molar-refractivity contribution in [2.75, 3.05) is 45.1 Å². The molecule has 0 unspecified atom stereocenters. The Labute approximate surface area is 146 Å². The van der Waals surface area contributed by atoms with E-state index in [9.17, 15) is 4.79 Å². The molecule has 0 aliphatic heterocycles. The summed E-state index contributed by atoms with van der Waals surface area (Å²) < 4.78 is 15.4. The van der Waals surface area contributed by atoms with Crippen molar-refractivity contribution < 1.29 is 19.0 Å². The number of methoxy groups -OCH3 is 3. The Morgan fingerprint density at radius 2 is 1.96 bits per heavy atom. The van der Waals surface area contributed by atoms with Crippen LogP contribution in [-0.2, 0) is 4.74 Å². The summed E-state index contributed by atoms with van der Waals surface area (Å²) in [5.41, 5.74) is 0.745. The molecule has 0 saturated heterocycles. The number of hydrogen-bond donors (Lipinski definition) is 2. The molecule has 25 heavy (non-hydrogen) atoms. The Hall–Kier alpha value is -2.87. The number of aromatic nitrogens is 2. The summed E-state index contributed by atoms with van der Waals surface area (Å²) in [6.45, 7) is 1.34. The largest absolute Gasteiger partial charge is 0.497 e. The maximum absolute atomic E-state index is 12.5. The molecule has 8 heteroatoms. The molecular formula is C17H22N4O4. The second kappa shape index (κ2) is 9.43. The van der Waals surface area contributed by atoms with Gasteiger partial charge in [0.25, 0.3) is 5.91 Å². The predicted octanol–water partition coefficient (Wildman–Crippen LogP) is 2.19. The number of amides is 1. The second-order valence-corrected chi connectivity index (χ2v) is 5.08. The molecule has 2 aromatic rings. The van der Waals surface area contributed by atoms with Gasteiger partial charge >= 0.3 is 0 Å². The third-order valence-corrected chi connectivity index (χ3v) is 3.39. The van der Waals surface area contributed by atoms with Gasteiger partial charge in [0.05, 0.1) is 19.9 Å². The van der Waals surface area contributed by atoms with E-state index in [-0.39, 0.29) is 11.6 Å². The van der Waals surface area contributed by atoms with Crippen LogP contribution in [0.5, 0.6) is 11.5 Å². The number of rotatable bonds is 9. The minimum absolute atomic E-state index is 0.245. The van der Waals surface area contributed by atoms with Crippen molar-refractivity contribution in [1.82, 2.24) is 9.97 Å². The summed E-state index contributed by atoms with van der Waals surface area (Å²) in [4.78, 5) is 20.6. The third kappa shape index (κ3) is 5.32. The molecule has 0 bridgehead atoms. The predicted molar refractivity (Wildman–Crippen MR) is 94.5 cm³/mol. The smallest absolute Gasteiger partial charge is 0.274 e. The number of carbonyl (C=O) groups is 1. The molecule has 0 atom stereocenters. The highest BCUT2D eigenvalue weighted by molar-refractivity contribution is 6.04. The van der Waals surface area contributed by atoms with Crippen LogP contribution in [0.15, 0.2) is 30.6 Å². The first-order valence-electron chi connectivity index (χ1n) is 7.76. The van der Waals surface area contributed by atoms with E-state index < -0.39 is 0 Å². The van der Waals surface area contributed by atoms with Crippen molar-refractivity contribution in [2.24, 2.45) is 0 Å². The third-order valence-electron chi connectivity index (χ3n) is 3.39. The van der Waals surface area contributed by atoms with Gasteiger partial charge in [-0.3, -0.25) is 4.79 Å². The van der Waals surface area contributed by atoms with Gasteiger partial charge in [-0.2, -0.15) is 0 Å². The molecule has 1 aromatic carbocycles. The Bertz CT molecular complexity index is 709. The number of nitrogens with zero attached hydrogens (tertiary/aromatic N) is 2. The minimum Gasteiger partial charge on any atom is -0.497 e. The summed E-state index contributed by atoms with van der Waals surface area (Å²) >= 11 is 0. The maximum atomic E-state index is 12.5. The lowest BCUT2D eigenvalue weighted by Crippen LogP contribution is -2.15. The summed E-state index contributed by atoms with van der Waals surface area (Å²) in [6.07, 6.45) is 2.18. The Kier molecular flexibility index (Phi) is 6.97. The Balaban J connectivity index is 2.08. The monoisotopic (exact) mass is 346 g/mol. The van der Waals surface area contributed by atoms with Crippen molar-refractivity contribution in [3.05, 3.63) is 36.3 Å². The SMILES string of the molecule is COCCCNc1cc(C(=O)Nc2cc(OC)ccc2OC)ncn1. The zero-order valence-corrected chi connectivity index (χ0v) is 14.5. The summed E-state index contributed by atoms with van der Waals surface area (Å²) in [5.74, 6) is 1.35. The van der Waals surface area contributed by atoms with Crippen LogP contribution in [0.2, 0.25) is 0 Å². The molecule has 8 nitrogen and oxygen atoms in total. The highest BCUT2D eigenvalue weighted by Gasteiger charge is 2.13. The van der Waals surface area contributed by atoms with Crippen molar-refractivity contribution in [2.45, 2.75) is 6.42 Å². The number of nitrogens with one attached hydrogen (secondary N) is 2. The van der Waals surface area contributed by atoms with Gasteiger partial charge < -0.3 is 24.8 Å². The van der Waals surface area contributed by atoms with Gasteiger partial charge in [0.2, 0.25) is 0 Å². The Morgan fingerprint density at radius 3 is 2.68 bits per heavy atom. The average Bonchev–Trinajstić information content (AvgIpc) is 2.65. The molecular weight excluding hydrogens is 324 g/mol. The van der Waals surface area contributed by atoms with E-state index >= 15 is 0 Å². The molecule has 0 aliphatic carbocycles. The van der Waals surface area contributed by atoms with Crippen LogP contribution in [-0.4, -0.2) is 50.4 Å². The molecule has 0 aliphatic rings. The second-order valence-electron chi connectivity index (χ2n) is 5.08. The van der Waals surface area contributed by atoms with Crippen molar-refractivity contribution >= 4 is 17.4 Å². The molecule has 2 N–H and O–H groups in total. The zero-order chi connectivity index (χ0) is 18.1. The quantitative estimate of drug-likeness (QED) is 0.672. The van der Waals surface area contributed by atoms with Crippen LogP contribution >= 0.6 is 0 Å². The standard InChI is InChI=1S/C17H22N4O4/c1-23-8-4-7-18-16-10-14(19-11-20-16)17(22)21-13-9-12(24-2)5-6-15(13)25-3/h5-6,9-11H,4,7-8H2,1-3H3,(H,21,22)(H,18,19,20). The van der Waals surface area contributed by atoms with E-state index in [0.717, 1.165) is 6.42 Å². The molecule has 1 heterocycles. The average molecular weight is 346 g/mol. The van der Waals surface area contributed by atoms with Crippen molar-refractivity contribution in [3.8, 4) is 11.5 Å². The number of carbonyl (C=O) groups excluding carboxylic acids is 1. The van der Waals surface area contributed by atoms with Crippen LogP contribution in [0.3, 0.4) is 0 Å². The summed E-state index contributed by atoms with van der Waals surface area (Å²) in [6, 6.07) is 6.75. The van der Waals surface area contributed by atoms with Gasteiger partial charge in [-0.25, -0.2) is 9.97 Å². The normalized spacial score (nSPS) is 10.2. The van der Waals surface area contributed by atoms with Crippen molar-refractivity contribution in [1.29, 1.82) is 0 Å². The van der Waals surface area contributed by atoms with Gasteiger partial charge in [0.15, 0.2) is 0 Å². The molecule has 0 spiro atoms. The molecule has 0 saturated carbocycles. The van der Waals surface area contributed by atoms with E-state index in [4.69, 9.17) is 14.2 Å². The lowest BCUT2D eigenvalue weighted by Gasteiger charge is -2.12. The van der Waals surface area contributed by atoms with Crippen molar-refractivity contribution in [3.63, 3.8) is 0 Å². The van der Waals surface area contributed by atoms with E-state index in [1.807, 2.05) is 0 Å². The van der Waals surface area contributed by atoms with Gasteiger partial charge in [-0.05, 0) is 18.6 Å². The number of benzene rings is 1. The highest BCUT2D eigenvalue weighted by atomic mass is 16.5. The number of ether oxygens (including phenoxy) is 3. The fourth-order valence-corrected chi connectivity index (χ4v) is 2.11. The van der Waals surface area contributed by atoms with Crippen LogP contribution in [0.1, 0.15) is 16.9 Å². The lowest BCUT2D eigenvalue weighted by molar-refractivity contribution is 0.102. The van der Waals surface area contributed by atoms with Gasteiger partial charge in [-0.1, -0.05) is 0 Å². The van der Waals surface area contributed by atoms with Crippen LogP contribution in [0.4, 0.5) is 11.5 Å². The Morgan fingerprint density at radius 1 is 1.12 bits per heavy atom. The minimum atomic E-state index is -0.367. The van der Waals surface area contributed by atoms with E-state index in [1.165, 1.54) is 13.4 Å². The maximum Gasteiger partial charge on any atom is 0.274 e. The van der Waals surface area contributed by atoms with E-state index in [2.05, 4.69) is 20.6 Å². The fraction of sp³-hybridized carbons (Fsp3) is 0.353. The first kappa shape index (κ1) is 18.5. The molecule has 1 amide bonds. The number of hydrogen-bond acceptors (Lipinski definition) is 7. The first-order chi connectivity index (χ1) is 12.2. The highest BCUT2D eigenvalue weighted by Crippen LogP contribution is 2.29. The topological polar surface area (TPSA) is 94.6 Å². The first-order valence-corrected chi connectivity index (χ1v) is 7.76. The molecule has 2 rings (SSSR count). The van der Waals surface area contributed by atoms with E-state index in [0.29, 0.717) is 36.2 Å². The molecule has 134 valence electrons. The van der Waals surface area contributed by atoms with Gasteiger partial charge in [0, 0.05) is 32.4 Å². The summed E-state index contributed by atoms with van der Waals surface area (Å²) in [7, 11) is 4.74. The van der Waals surface area contributed by atoms with Crippen LogP contribution in [0.25, 0.3) is 0 Å². The van der Waals surface area contributed by atoms with E-state index in [1.54, 1.807) is 38.5 Å². The fourth-order valence-electron chi connectivity index (χ4n) is 2.11. The van der Waals surface area contributed by atoms with Crippen LogP contribution in [0, 0.1) is 0 Å². The zero-order valence-electron chi connectivity index (χ0n) is 14.5. The van der Waals surface area contributed by atoms with Gasteiger partial charge in [-0.15, -0.1) is 0 Å². The summed E-state index contributed by atoms with van der Waals surface area (Å²) in [5, 5.41) is 5.90. The molecule has 0 radical (unpaired) electrons. The van der Waals surface area contributed by atoms with Crippen LogP contribution < -0.4 is 20.1 Å².